The predicted octanol–water partition coefficient (Wildman–Crippen LogP) is 2.51. The maximum atomic E-state index is 5.49. The molecule has 1 aromatic rings. The maximum absolute atomic E-state index is 5.49. The van der Waals surface area contributed by atoms with Crippen LogP contribution in [0.5, 0.6) is 0 Å². The van der Waals surface area contributed by atoms with Gasteiger partial charge in [0.1, 0.15) is 6.10 Å². The van der Waals surface area contributed by atoms with Crippen molar-refractivity contribution in [1.82, 2.24) is 5.32 Å². The highest BCUT2D eigenvalue weighted by molar-refractivity contribution is 5.14. The molecule has 1 unspecified atom stereocenters. The smallest absolute Gasteiger partial charge is 0.110 e. The van der Waals surface area contributed by atoms with Crippen molar-refractivity contribution in [1.29, 1.82) is 0 Å². The molecule has 0 fully saturated rings. The number of hydrogen-bond acceptors (Lipinski definition) is 2. The Kier molecular flexibility index (Phi) is 4.44. The SMILES string of the molecule is C1=COC(CNCCc2ccccc2)CC1. The second kappa shape index (κ2) is 6.33. The first-order chi connectivity index (χ1) is 7.95. The molecule has 2 heteroatoms. The molecule has 1 N–H and O–H groups in total. The van der Waals surface area contributed by atoms with Crippen LogP contribution in [0.25, 0.3) is 0 Å². The van der Waals surface area contributed by atoms with Crippen LogP contribution in [0.1, 0.15) is 18.4 Å². The fourth-order valence-corrected chi connectivity index (χ4v) is 1.88. The van der Waals surface area contributed by atoms with Crippen LogP contribution < -0.4 is 5.32 Å². The molecule has 1 aliphatic heterocycles. The van der Waals surface area contributed by atoms with Crippen LogP contribution in [0.15, 0.2) is 42.7 Å². The standard InChI is InChI=1S/C14H19NO/c1-2-6-13(7-3-1)9-10-15-12-14-8-4-5-11-16-14/h1-3,5-7,11,14-15H,4,8-10,12H2. The Morgan fingerprint density at radius 3 is 2.88 bits per heavy atom. The first-order valence-electron chi connectivity index (χ1n) is 6.00. The Bertz CT molecular complexity index is 321. The minimum absolute atomic E-state index is 0.362. The summed E-state index contributed by atoms with van der Waals surface area (Å²) in [7, 11) is 0. The Labute approximate surface area is 97.3 Å². The van der Waals surface area contributed by atoms with E-state index < -0.39 is 0 Å². The lowest BCUT2D eigenvalue weighted by atomic mass is 10.1. The second-order valence-electron chi connectivity index (χ2n) is 4.15. The summed E-state index contributed by atoms with van der Waals surface area (Å²) >= 11 is 0. The molecule has 0 saturated carbocycles. The van der Waals surface area contributed by atoms with Gasteiger partial charge in [0, 0.05) is 6.54 Å². The van der Waals surface area contributed by atoms with Gasteiger partial charge in [-0.05, 0) is 37.4 Å². The van der Waals surface area contributed by atoms with Gasteiger partial charge in [-0.25, -0.2) is 0 Å². The molecule has 0 aromatic heterocycles. The number of rotatable bonds is 5. The summed E-state index contributed by atoms with van der Waals surface area (Å²) in [5.74, 6) is 0. The van der Waals surface area contributed by atoms with Crippen LogP contribution in [0, 0.1) is 0 Å². The third-order valence-corrected chi connectivity index (χ3v) is 2.83. The zero-order valence-corrected chi connectivity index (χ0v) is 9.56. The lowest BCUT2D eigenvalue weighted by molar-refractivity contribution is 0.123. The summed E-state index contributed by atoms with van der Waals surface area (Å²) in [5.41, 5.74) is 1.39. The second-order valence-corrected chi connectivity index (χ2v) is 4.15. The van der Waals surface area contributed by atoms with Gasteiger partial charge in [-0.2, -0.15) is 0 Å². The summed E-state index contributed by atoms with van der Waals surface area (Å²) in [4.78, 5) is 0. The van der Waals surface area contributed by atoms with Crippen molar-refractivity contribution in [2.24, 2.45) is 0 Å². The lowest BCUT2D eigenvalue weighted by Crippen LogP contribution is -2.30. The maximum Gasteiger partial charge on any atom is 0.110 e. The Morgan fingerprint density at radius 1 is 1.25 bits per heavy atom. The van der Waals surface area contributed by atoms with Gasteiger partial charge in [0.2, 0.25) is 0 Å². The average molecular weight is 217 g/mol. The van der Waals surface area contributed by atoms with Crippen LogP contribution >= 0.6 is 0 Å². The van der Waals surface area contributed by atoms with E-state index >= 15 is 0 Å². The molecule has 86 valence electrons. The first kappa shape index (κ1) is 11.2. The van der Waals surface area contributed by atoms with E-state index in [0.717, 1.165) is 32.4 Å². The largest absolute Gasteiger partial charge is 0.497 e. The average Bonchev–Trinajstić information content (AvgIpc) is 2.37. The lowest BCUT2D eigenvalue weighted by Gasteiger charge is -2.19. The molecule has 2 nitrogen and oxygen atoms in total. The van der Waals surface area contributed by atoms with Crippen molar-refractivity contribution in [3.05, 3.63) is 48.2 Å². The molecule has 0 radical (unpaired) electrons. The molecular formula is C14H19NO. The van der Waals surface area contributed by atoms with Gasteiger partial charge in [-0.1, -0.05) is 30.3 Å². The van der Waals surface area contributed by atoms with Crippen molar-refractivity contribution < 1.29 is 4.74 Å². The van der Waals surface area contributed by atoms with Gasteiger partial charge in [-0.15, -0.1) is 0 Å². The van der Waals surface area contributed by atoms with Crippen LogP contribution in [0.2, 0.25) is 0 Å². The topological polar surface area (TPSA) is 21.3 Å². The molecule has 2 rings (SSSR count). The fourth-order valence-electron chi connectivity index (χ4n) is 1.88. The summed E-state index contributed by atoms with van der Waals surface area (Å²) in [6, 6.07) is 10.6. The molecule has 0 amide bonds. The van der Waals surface area contributed by atoms with Crippen LogP contribution in [-0.4, -0.2) is 19.2 Å². The van der Waals surface area contributed by atoms with Gasteiger partial charge in [-0.3, -0.25) is 0 Å². The van der Waals surface area contributed by atoms with E-state index in [1.54, 1.807) is 0 Å². The molecule has 1 heterocycles. The van der Waals surface area contributed by atoms with E-state index in [1.807, 2.05) is 6.26 Å². The number of nitrogens with one attached hydrogen (secondary N) is 1. The van der Waals surface area contributed by atoms with Crippen LogP contribution in [0.4, 0.5) is 0 Å². The molecule has 0 saturated heterocycles. The van der Waals surface area contributed by atoms with Crippen molar-refractivity contribution >= 4 is 0 Å². The van der Waals surface area contributed by atoms with E-state index in [4.69, 9.17) is 4.74 Å². The number of ether oxygens (including phenoxy) is 1. The van der Waals surface area contributed by atoms with E-state index in [2.05, 4.69) is 41.7 Å². The Hall–Kier alpha value is -1.28. The highest BCUT2D eigenvalue weighted by atomic mass is 16.5. The quantitative estimate of drug-likeness (QED) is 0.765. The Balaban J connectivity index is 1.60. The zero-order chi connectivity index (χ0) is 11.1. The van der Waals surface area contributed by atoms with Gasteiger partial charge >= 0.3 is 0 Å². The summed E-state index contributed by atoms with van der Waals surface area (Å²) < 4.78 is 5.49. The number of hydrogen-bond donors (Lipinski definition) is 1. The highest BCUT2D eigenvalue weighted by Crippen LogP contribution is 2.08. The summed E-state index contributed by atoms with van der Waals surface area (Å²) in [5, 5.41) is 3.44. The molecule has 1 aromatic carbocycles. The summed E-state index contributed by atoms with van der Waals surface area (Å²) in [6.07, 6.45) is 7.64. The third-order valence-electron chi connectivity index (χ3n) is 2.83. The normalized spacial score (nSPS) is 19.4. The third kappa shape index (κ3) is 3.70. The fraction of sp³-hybridized carbons (Fsp3) is 0.429. The molecule has 0 bridgehead atoms. The van der Waals surface area contributed by atoms with Gasteiger partial charge in [0.05, 0.1) is 6.26 Å². The zero-order valence-electron chi connectivity index (χ0n) is 9.56. The summed E-state index contributed by atoms with van der Waals surface area (Å²) in [6.45, 7) is 1.98. The number of allylic oxidation sites excluding steroid dienone is 1. The van der Waals surface area contributed by atoms with E-state index in [-0.39, 0.29) is 0 Å². The van der Waals surface area contributed by atoms with E-state index in [9.17, 15) is 0 Å². The molecule has 0 aliphatic carbocycles. The minimum atomic E-state index is 0.362. The van der Waals surface area contributed by atoms with E-state index in [0.29, 0.717) is 6.10 Å². The molecule has 16 heavy (non-hydrogen) atoms. The van der Waals surface area contributed by atoms with Gasteiger partial charge < -0.3 is 10.1 Å². The van der Waals surface area contributed by atoms with E-state index in [1.165, 1.54) is 5.56 Å². The monoisotopic (exact) mass is 217 g/mol. The number of benzene rings is 1. The van der Waals surface area contributed by atoms with Gasteiger partial charge in [0.15, 0.2) is 0 Å². The highest BCUT2D eigenvalue weighted by Gasteiger charge is 2.09. The molecular weight excluding hydrogens is 198 g/mol. The molecule has 1 atom stereocenters. The minimum Gasteiger partial charge on any atom is -0.497 e. The van der Waals surface area contributed by atoms with Crippen molar-refractivity contribution in [2.45, 2.75) is 25.4 Å². The predicted molar refractivity (Wildman–Crippen MR) is 66.3 cm³/mol. The van der Waals surface area contributed by atoms with Crippen LogP contribution in [0.3, 0.4) is 0 Å². The molecule has 0 spiro atoms. The first-order valence-corrected chi connectivity index (χ1v) is 6.00. The van der Waals surface area contributed by atoms with Crippen molar-refractivity contribution in [3.63, 3.8) is 0 Å². The Morgan fingerprint density at radius 2 is 2.12 bits per heavy atom. The van der Waals surface area contributed by atoms with Crippen molar-refractivity contribution in [3.8, 4) is 0 Å². The van der Waals surface area contributed by atoms with Gasteiger partial charge in [0.25, 0.3) is 0 Å². The molecule has 1 aliphatic rings. The van der Waals surface area contributed by atoms with Crippen LogP contribution in [-0.2, 0) is 11.2 Å². The van der Waals surface area contributed by atoms with Crippen molar-refractivity contribution in [2.75, 3.05) is 13.1 Å².